The number of pyridine rings is 1. The zero-order valence-corrected chi connectivity index (χ0v) is 16.9. The monoisotopic (exact) mass is 401 g/mol. The summed E-state index contributed by atoms with van der Waals surface area (Å²) in [6.07, 6.45) is 5.13. The predicted octanol–water partition coefficient (Wildman–Crippen LogP) is 1.64. The molecule has 1 aromatic rings. The summed E-state index contributed by atoms with van der Waals surface area (Å²) in [5.41, 5.74) is 0.790. The number of amides is 1. The van der Waals surface area contributed by atoms with Crippen molar-refractivity contribution in [1.82, 2.24) is 20.1 Å². The molecule has 0 spiro atoms. The zero-order chi connectivity index (χ0) is 16.5. The molecule has 4 heterocycles. The van der Waals surface area contributed by atoms with Crippen molar-refractivity contribution < 1.29 is 4.79 Å². The van der Waals surface area contributed by atoms with E-state index in [1.807, 2.05) is 12.1 Å². The van der Waals surface area contributed by atoms with Crippen LogP contribution in [0.5, 0.6) is 0 Å². The van der Waals surface area contributed by atoms with Gasteiger partial charge in [-0.1, -0.05) is 0 Å². The van der Waals surface area contributed by atoms with Gasteiger partial charge >= 0.3 is 0 Å². The Morgan fingerprint density at radius 2 is 1.85 bits per heavy atom. The van der Waals surface area contributed by atoms with E-state index in [0.717, 1.165) is 69.9 Å². The van der Waals surface area contributed by atoms with E-state index in [1.54, 1.807) is 6.20 Å². The van der Waals surface area contributed by atoms with Crippen LogP contribution >= 0.6 is 24.8 Å². The lowest BCUT2D eigenvalue weighted by atomic mass is 10.1. The quantitative estimate of drug-likeness (QED) is 0.815. The van der Waals surface area contributed by atoms with Crippen LogP contribution in [0.3, 0.4) is 0 Å². The molecule has 0 radical (unpaired) electrons. The summed E-state index contributed by atoms with van der Waals surface area (Å²) in [6.45, 7) is 5.98. The lowest BCUT2D eigenvalue weighted by molar-refractivity contribution is 0.0680. The lowest BCUT2D eigenvalue weighted by Crippen LogP contribution is -2.45. The number of hydrogen-bond donors (Lipinski definition) is 1. The van der Waals surface area contributed by atoms with Gasteiger partial charge < -0.3 is 20.0 Å². The molecular formula is C18H29Cl2N5O. The molecule has 3 aliphatic heterocycles. The van der Waals surface area contributed by atoms with Crippen molar-refractivity contribution in [3.05, 3.63) is 23.9 Å². The van der Waals surface area contributed by atoms with Crippen molar-refractivity contribution in [2.45, 2.75) is 31.3 Å². The summed E-state index contributed by atoms with van der Waals surface area (Å²) in [7, 11) is 2.15. The number of carbonyl (C=O) groups is 1. The van der Waals surface area contributed by atoms with Crippen molar-refractivity contribution in [2.24, 2.45) is 0 Å². The second-order valence-corrected chi connectivity index (χ2v) is 7.28. The normalized spacial score (nSPS) is 25.9. The van der Waals surface area contributed by atoms with Crippen LogP contribution in [0.1, 0.15) is 29.6 Å². The molecule has 3 fully saturated rings. The SMILES string of the molecule is CN1CCN(c2cc(C(=O)N3C4CCNCC3CC4)ccn2)CC1.Cl.Cl. The number of halogens is 2. The van der Waals surface area contributed by atoms with Gasteiger partial charge in [-0.05, 0) is 45.0 Å². The molecule has 146 valence electrons. The molecule has 2 unspecified atom stereocenters. The van der Waals surface area contributed by atoms with E-state index in [2.05, 4.69) is 32.0 Å². The maximum atomic E-state index is 13.1. The van der Waals surface area contributed by atoms with Gasteiger partial charge in [0.05, 0.1) is 0 Å². The highest BCUT2D eigenvalue weighted by molar-refractivity contribution is 5.95. The molecule has 2 atom stereocenters. The van der Waals surface area contributed by atoms with Crippen molar-refractivity contribution in [1.29, 1.82) is 0 Å². The van der Waals surface area contributed by atoms with Crippen LogP contribution < -0.4 is 10.2 Å². The summed E-state index contributed by atoms with van der Waals surface area (Å²) in [6, 6.07) is 4.62. The number of nitrogens with one attached hydrogen (secondary N) is 1. The van der Waals surface area contributed by atoms with Crippen molar-refractivity contribution >= 4 is 36.5 Å². The Morgan fingerprint density at radius 1 is 1.12 bits per heavy atom. The topological polar surface area (TPSA) is 51.7 Å². The molecule has 3 saturated heterocycles. The van der Waals surface area contributed by atoms with Gasteiger partial charge in [-0.25, -0.2) is 4.98 Å². The Labute approximate surface area is 168 Å². The summed E-state index contributed by atoms with van der Waals surface area (Å²) in [4.78, 5) is 24.4. The fraction of sp³-hybridized carbons (Fsp3) is 0.667. The lowest BCUT2D eigenvalue weighted by Gasteiger charge is -2.33. The maximum absolute atomic E-state index is 13.1. The molecule has 6 nitrogen and oxygen atoms in total. The van der Waals surface area contributed by atoms with E-state index in [0.29, 0.717) is 12.1 Å². The van der Waals surface area contributed by atoms with E-state index in [9.17, 15) is 4.79 Å². The Morgan fingerprint density at radius 3 is 2.62 bits per heavy atom. The number of rotatable bonds is 2. The zero-order valence-electron chi connectivity index (χ0n) is 15.3. The van der Waals surface area contributed by atoms with Crippen LogP contribution in [-0.2, 0) is 0 Å². The van der Waals surface area contributed by atoms with Gasteiger partial charge in [0, 0.05) is 56.6 Å². The van der Waals surface area contributed by atoms with E-state index in [1.165, 1.54) is 0 Å². The Balaban J connectivity index is 0.00000121. The third kappa shape index (κ3) is 4.25. The van der Waals surface area contributed by atoms with Crippen molar-refractivity contribution in [2.75, 3.05) is 51.2 Å². The first-order valence-corrected chi connectivity index (χ1v) is 9.15. The highest BCUT2D eigenvalue weighted by Gasteiger charge is 2.38. The fourth-order valence-electron chi connectivity index (χ4n) is 4.22. The first-order chi connectivity index (χ1) is 11.7. The van der Waals surface area contributed by atoms with Gasteiger partial charge in [0.25, 0.3) is 5.91 Å². The average molecular weight is 402 g/mol. The smallest absolute Gasteiger partial charge is 0.254 e. The standard InChI is InChI=1S/C18H27N5O.2ClH/c1-21-8-10-22(11-9-21)17-12-14(4-7-20-17)18(24)23-15-2-3-16(23)13-19-6-5-15;;/h4,7,12,15-16,19H,2-3,5-6,8-11,13H2,1H3;2*1H. The Hall–Kier alpha value is -1.08. The number of nitrogens with zero attached hydrogens (tertiary/aromatic N) is 4. The molecule has 3 aliphatic rings. The van der Waals surface area contributed by atoms with Crippen molar-refractivity contribution in [3.8, 4) is 0 Å². The average Bonchev–Trinajstić information content (AvgIpc) is 2.88. The molecule has 2 bridgehead atoms. The number of aromatic nitrogens is 1. The number of piperazine rings is 1. The number of likely N-dealkylation sites (N-methyl/N-ethyl adjacent to an activating group) is 1. The van der Waals surface area contributed by atoms with Gasteiger partial charge in [-0.3, -0.25) is 4.79 Å². The molecular weight excluding hydrogens is 373 g/mol. The summed E-state index contributed by atoms with van der Waals surface area (Å²) in [5.74, 6) is 1.12. The fourth-order valence-corrected chi connectivity index (χ4v) is 4.22. The van der Waals surface area contributed by atoms with E-state index in [4.69, 9.17) is 0 Å². The van der Waals surface area contributed by atoms with Crippen molar-refractivity contribution in [3.63, 3.8) is 0 Å². The molecule has 0 aliphatic carbocycles. The Kier molecular flexibility index (Phi) is 7.52. The maximum Gasteiger partial charge on any atom is 0.254 e. The van der Waals surface area contributed by atoms with Gasteiger partial charge in [-0.15, -0.1) is 24.8 Å². The van der Waals surface area contributed by atoms with Crippen LogP contribution in [0.4, 0.5) is 5.82 Å². The van der Waals surface area contributed by atoms with Crippen LogP contribution in [0.2, 0.25) is 0 Å². The third-order valence-corrected chi connectivity index (χ3v) is 5.71. The van der Waals surface area contributed by atoms with Crippen LogP contribution in [0.25, 0.3) is 0 Å². The Bertz CT molecular complexity index is 595. The number of carbonyl (C=O) groups excluding carboxylic acids is 1. The minimum absolute atomic E-state index is 0. The molecule has 0 aromatic carbocycles. The molecule has 1 aromatic heterocycles. The molecule has 8 heteroatoms. The minimum Gasteiger partial charge on any atom is -0.354 e. The first-order valence-electron chi connectivity index (χ1n) is 9.15. The van der Waals surface area contributed by atoms with Gasteiger partial charge in [0.2, 0.25) is 0 Å². The molecule has 1 N–H and O–H groups in total. The number of hydrogen-bond acceptors (Lipinski definition) is 5. The van der Waals surface area contributed by atoms with Crippen LogP contribution in [0.15, 0.2) is 18.3 Å². The predicted molar refractivity (Wildman–Crippen MR) is 109 cm³/mol. The first kappa shape index (κ1) is 21.2. The van der Waals surface area contributed by atoms with Gasteiger partial charge in [0.15, 0.2) is 0 Å². The largest absolute Gasteiger partial charge is 0.354 e. The minimum atomic E-state index is 0. The van der Waals surface area contributed by atoms with E-state index in [-0.39, 0.29) is 30.7 Å². The molecule has 4 rings (SSSR count). The van der Waals surface area contributed by atoms with Gasteiger partial charge in [-0.2, -0.15) is 0 Å². The van der Waals surface area contributed by atoms with E-state index < -0.39 is 0 Å². The van der Waals surface area contributed by atoms with Gasteiger partial charge in [0.1, 0.15) is 5.82 Å². The molecule has 1 amide bonds. The highest BCUT2D eigenvalue weighted by Crippen LogP contribution is 2.30. The summed E-state index contributed by atoms with van der Waals surface area (Å²) < 4.78 is 0. The summed E-state index contributed by atoms with van der Waals surface area (Å²) >= 11 is 0. The van der Waals surface area contributed by atoms with Crippen LogP contribution in [-0.4, -0.2) is 79.1 Å². The molecule has 26 heavy (non-hydrogen) atoms. The highest BCUT2D eigenvalue weighted by atomic mass is 35.5. The second kappa shape index (κ2) is 9.22. The number of anilines is 1. The van der Waals surface area contributed by atoms with Crippen LogP contribution in [0, 0.1) is 0 Å². The third-order valence-electron chi connectivity index (χ3n) is 5.71. The second-order valence-electron chi connectivity index (χ2n) is 7.28. The summed E-state index contributed by atoms with van der Waals surface area (Å²) in [5, 5.41) is 3.46. The van der Waals surface area contributed by atoms with E-state index >= 15 is 0 Å². The number of fused-ring (bicyclic) bond motifs is 2. The molecule has 0 saturated carbocycles.